The van der Waals surface area contributed by atoms with Crippen molar-refractivity contribution in [3.05, 3.63) is 63.6 Å². The van der Waals surface area contributed by atoms with Crippen LogP contribution < -0.4 is 4.74 Å². The van der Waals surface area contributed by atoms with Gasteiger partial charge in [-0.15, -0.1) is 11.6 Å². The minimum Gasteiger partial charge on any atom is -0.489 e. The topological polar surface area (TPSA) is 9.23 Å². The van der Waals surface area contributed by atoms with Crippen molar-refractivity contribution < 1.29 is 4.74 Å². The van der Waals surface area contributed by atoms with Crippen LogP contribution >= 0.6 is 34.8 Å². The number of halogens is 3. The Morgan fingerprint density at radius 1 is 0.944 bits per heavy atom. The van der Waals surface area contributed by atoms with E-state index in [9.17, 15) is 0 Å². The van der Waals surface area contributed by atoms with Gasteiger partial charge in [-0.25, -0.2) is 0 Å². The van der Waals surface area contributed by atoms with E-state index in [0.717, 1.165) is 16.9 Å². The number of rotatable bonds is 4. The third-order valence-electron chi connectivity index (χ3n) is 2.48. The number of alkyl halides is 1. The van der Waals surface area contributed by atoms with Crippen LogP contribution in [0.25, 0.3) is 0 Å². The lowest BCUT2D eigenvalue weighted by molar-refractivity contribution is 0.306. The van der Waals surface area contributed by atoms with Gasteiger partial charge in [-0.05, 0) is 35.9 Å². The molecule has 18 heavy (non-hydrogen) atoms. The third-order valence-corrected chi connectivity index (χ3v) is 3.39. The summed E-state index contributed by atoms with van der Waals surface area (Å²) in [5, 5.41) is 1.30. The SMILES string of the molecule is ClCc1ccc(OCc2cc(Cl)ccc2Cl)cc1. The average Bonchev–Trinajstić information content (AvgIpc) is 2.40. The predicted molar refractivity (Wildman–Crippen MR) is 76.8 cm³/mol. The lowest BCUT2D eigenvalue weighted by Gasteiger charge is -2.08. The molecule has 0 saturated heterocycles. The quantitative estimate of drug-likeness (QED) is 0.695. The number of ether oxygens (including phenoxy) is 1. The monoisotopic (exact) mass is 300 g/mol. The second kappa shape index (κ2) is 6.33. The normalized spacial score (nSPS) is 10.4. The highest BCUT2D eigenvalue weighted by Crippen LogP contribution is 2.22. The van der Waals surface area contributed by atoms with Crippen LogP contribution in [0.4, 0.5) is 0 Å². The van der Waals surface area contributed by atoms with Gasteiger partial charge in [-0.2, -0.15) is 0 Å². The van der Waals surface area contributed by atoms with Crippen molar-refractivity contribution in [3.8, 4) is 5.75 Å². The van der Waals surface area contributed by atoms with E-state index in [1.165, 1.54) is 0 Å². The Hall–Kier alpha value is -0.890. The zero-order chi connectivity index (χ0) is 13.0. The number of benzene rings is 2. The van der Waals surface area contributed by atoms with Crippen molar-refractivity contribution in [1.82, 2.24) is 0 Å². The number of hydrogen-bond donors (Lipinski definition) is 0. The van der Waals surface area contributed by atoms with Gasteiger partial charge in [0.1, 0.15) is 12.4 Å². The summed E-state index contributed by atoms with van der Waals surface area (Å²) >= 11 is 17.7. The molecular weight excluding hydrogens is 291 g/mol. The van der Waals surface area contributed by atoms with Crippen LogP contribution in [0, 0.1) is 0 Å². The smallest absolute Gasteiger partial charge is 0.119 e. The first-order valence-corrected chi connectivity index (χ1v) is 6.69. The van der Waals surface area contributed by atoms with Crippen molar-refractivity contribution in [3.63, 3.8) is 0 Å². The zero-order valence-corrected chi connectivity index (χ0v) is 11.8. The van der Waals surface area contributed by atoms with E-state index in [2.05, 4.69) is 0 Å². The molecule has 2 rings (SSSR count). The van der Waals surface area contributed by atoms with Crippen LogP contribution in [0.1, 0.15) is 11.1 Å². The molecule has 0 aliphatic heterocycles. The summed E-state index contributed by atoms with van der Waals surface area (Å²) in [7, 11) is 0. The van der Waals surface area contributed by atoms with Gasteiger partial charge in [0.25, 0.3) is 0 Å². The van der Waals surface area contributed by atoms with Gasteiger partial charge in [0, 0.05) is 21.5 Å². The Kier molecular flexibility index (Phi) is 4.76. The molecule has 0 fully saturated rings. The molecule has 0 N–H and O–H groups in total. The van der Waals surface area contributed by atoms with E-state index < -0.39 is 0 Å². The van der Waals surface area contributed by atoms with Crippen LogP contribution in [-0.2, 0) is 12.5 Å². The summed E-state index contributed by atoms with van der Waals surface area (Å²) in [5.41, 5.74) is 1.93. The lowest BCUT2D eigenvalue weighted by Crippen LogP contribution is -1.96. The maximum atomic E-state index is 6.05. The van der Waals surface area contributed by atoms with Gasteiger partial charge in [0.15, 0.2) is 0 Å². The van der Waals surface area contributed by atoms with Crippen molar-refractivity contribution in [2.45, 2.75) is 12.5 Å². The van der Waals surface area contributed by atoms with Crippen molar-refractivity contribution in [2.75, 3.05) is 0 Å². The van der Waals surface area contributed by atoms with E-state index in [4.69, 9.17) is 39.5 Å². The first-order valence-electron chi connectivity index (χ1n) is 5.40. The molecular formula is C14H11Cl3O. The summed E-state index contributed by atoms with van der Waals surface area (Å²) in [4.78, 5) is 0. The summed E-state index contributed by atoms with van der Waals surface area (Å²) in [6, 6.07) is 13.0. The first kappa shape index (κ1) is 13.5. The van der Waals surface area contributed by atoms with Crippen LogP contribution in [0.3, 0.4) is 0 Å². The summed E-state index contributed by atoms with van der Waals surface area (Å²) in [5.74, 6) is 1.28. The molecule has 0 bridgehead atoms. The van der Waals surface area contributed by atoms with Gasteiger partial charge in [0.2, 0.25) is 0 Å². The molecule has 0 atom stereocenters. The molecule has 0 unspecified atom stereocenters. The summed E-state index contributed by atoms with van der Waals surface area (Å²) < 4.78 is 5.64. The highest BCUT2D eigenvalue weighted by atomic mass is 35.5. The van der Waals surface area contributed by atoms with Crippen LogP contribution in [0.5, 0.6) is 5.75 Å². The highest BCUT2D eigenvalue weighted by molar-refractivity contribution is 6.33. The Bertz CT molecular complexity index is 523. The van der Waals surface area contributed by atoms with Crippen molar-refractivity contribution in [2.24, 2.45) is 0 Å². The minimum absolute atomic E-state index is 0.389. The average molecular weight is 302 g/mol. The van der Waals surface area contributed by atoms with Crippen molar-refractivity contribution in [1.29, 1.82) is 0 Å². The molecule has 2 aromatic rings. The molecule has 1 nitrogen and oxygen atoms in total. The molecule has 0 spiro atoms. The van der Waals surface area contributed by atoms with Crippen LogP contribution in [-0.4, -0.2) is 0 Å². The molecule has 94 valence electrons. The van der Waals surface area contributed by atoms with Gasteiger partial charge in [-0.1, -0.05) is 35.3 Å². The summed E-state index contributed by atoms with van der Waals surface area (Å²) in [6.45, 7) is 0.389. The third kappa shape index (κ3) is 3.55. The minimum atomic E-state index is 0.389. The maximum absolute atomic E-state index is 6.05. The Morgan fingerprint density at radius 3 is 2.33 bits per heavy atom. The second-order valence-corrected chi connectivity index (χ2v) is 4.91. The molecule has 4 heteroatoms. The highest BCUT2D eigenvalue weighted by Gasteiger charge is 2.02. The molecule has 0 aromatic heterocycles. The van der Waals surface area contributed by atoms with Crippen LogP contribution in [0.2, 0.25) is 10.0 Å². The van der Waals surface area contributed by atoms with Gasteiger partial charge < -0.3 is 4.74 Å². The Morgan fingerprint density at radius 2 is 1.67 bits per heavy atom. The van der Waals surface area contributed by atoms with E-state index in [-0.39, 0.29) is 0 Å². The molecule has 0 radical (unpaired) electrons. The molecule has 2 aromatic carbocycles. The van der Waals surface area contributed by atoms with Crippen molar-refractivity contribution >= 4 is 34.8 Å². The molecule has 0 aliphatic carbocycles. The van der Waals surface area contributed by atoms with Gasteiger partial charge >= 0.3 is 0 Å². The van der Waals surface area contributed by atoms with E-state index in [1.54, 1.807) is 18.2 Å². The number of hydrogen-bond acceptors (Lipinski definition) is 1. The van der Waals surface area contributed by atoms with Gasteiger partial charge in [-0.3, -0.25) is 0 Å². The molecule has 0 aliphatic rings. The fraction of sp³-hybridized carbons (Fsp3) is 0.143. The predicted octanol–water partition coefficient (Wildman–Crippen LogP) is 5.31. The molecule has 0 heterocycles. The van der Waals surface area contributed by atoms with Gasteiger partial charge in [0.05, 0.1) is 0 Å². The zero-order valence-electron chi connectivity index (χ0n) is 9.50. The van der Waals surface area contributed by atoms with Crippen LogP contribution in [0.15, 0.2) is 42.5 Å². The second-order valence-electron chi connectivity index (χ2n) is 3.80. The molecule has 0 saturated carbocycles. The lowest BCUT2D eigenvalue weighted by atomic mass is 10.2. The fourth-order valence-corrected chi connectivity index (χ4v) is 2.03. The van der Waals surface area contributed by atoms with E-state index in [1.807, 2.05) is 24.3 Å². The summed E-state index contributed by atoms with van der Waals surface area (Å²) in [6.07, 6.45) is 0. The fourth-order valence-electron chi connectivity index (χ4n) is 1.49. The van der Waals surface area contributed by atoms with E-state index >= 15 is 0 Å². The largest absolute Gasteiger partial charge is 0.489 e. The van der Waals surface area contributed by atoms with E-state index in [0.29, 0.717) is 22.5 Å². The standard InChI is InChI=1S/C14H11Cl3O/c15-8-10-1-4-13(5-2-10)18-9-11-7-12(16)3-6-14(11)17/h1-7H,8-9H2. The first-order chi connectivity index (χ1) is 8.69. The Labute approximate surface area is 121 Å². The Balaban J connectivity index is 2.04. The molecule has 0 amide bonds. The maximum Gasteiger partial charge on any atom is 0.119 e.